The smallest absolute Gasteiger partial charge is 0.163 e. The fourth-order valence-corrected chi connectivity index (χ4v) is 2.00. The lowest BCUT2D eigenvalue weighted by atomic mass is 9.92. The van der Waals surface area contributed by atoms with Crippen LogP contribution in [0.5, 0.6) is 11.5 Å². The lowest BCUT2D eigenvalue weighted by molar-refractivity contribution is 0.350. The molecule has 1 unspecified atom stereocenters. The van der Waals surface area contributed by atoms with Crippen LogP contribution in [0.25, 0.3) is 0 Å². The standard InChI is InChI=1S/C15H21FO2/c1-5-7-8-11(6-2)12-9-14(17-3)15(18-4)10-13(12)16/h5,7,9-11H,6,8H2,1-4H3/b7-5-. The second-order valence-corrected chi connectivity index (χ2v) is 4.14. The molecule has 0 spiro atoms. The Labute approximate surface area is 108 Å². The van der Waals surface area contributed by atoms with Crippen molar-refractivity contribution in [2.45, 2.75) is 32.6 Å². The molecule has 100 valence electrons. The monoisotopic (exact) mass is 252 g/mol. The van der Waals surface area contributed by atoms with Gasteiger partial charge in [-0.25, -0.2) is 4.39 Å². The lowest BCUT2D eigenvalue weighted by Gasteiger charge is -2.17. The Bertz CT molecular complexity index is 413. The van der Waals surface area contributed by atoms with E-state index in [-0.39, 0.29) is 11.7 Å². The molecule has 1 aromatic rings. The van der Waals surface area contributed by atoms with Crippen molar-refractivity contribution in [3.05, 3.63) is 35.7 Å². The van der Waals surface area contributed by atoms with Crippen LogP contribution in [0.1, 0.15) is 38.2 Å². The SMILES string of the molecule is C/C=C\CC(CC)c1cc(OC)c(OC)cc1F. The van der Waals surface area contributed by atoms with E-state index in [0.29, 0.717) is 17.1 Å². The number of halogens is 1. The minimum absolute atomic E-state index is 0.168. The highest BCUT2D eigenvalue weighted by Crippen LogP contribution is 2.35. The molecular formula is C15H21FO2. The van der Waals surface area contributed by atoms with E-state index in [0.717, 1.165) is 12.8 Å². The van der Waals surface area contributed by atoms with Crippen molar-refractivity contribution in [2.24, 2.45) is 0 Å². The molecule has 0 aliphatic carbocycles. The van der Waals surface area contributed by atoms with Gasteiger partial charge in [0, 0.05) is 6.07 Å². The summed E-state index contributed by atoms with van der Waals surface area (Å²) >= 11 is 0. The van der Waals surface area contributed by atoms with Gasteiger partial charge >= 0.3 is 0 Å². The molecule has 1 atom stereocenters. The molecule has 1 rings (SSSR count). The van der Waals surface area contributed by atoms with E-state index in [9.17, 15) is 4.39 Å². The van der Waals surface area contributed by atoms with E-state index >= 15 is 0 Å². The van der Waals surface area contributed by atoms with Crippen molar-refractivity contribution in [2.75, 3.05) is 14.2 Å². The van der Waals surface area contributed by atoms with Gasteiger partial charge in [-0.2, -0.15) is 0 Å². The van der Waals surface area contributed by atoms with Gasteiger partial charge in [0.15, 0.2) is 11.5 Å². The molecule has 0 fully saturated rings. The van der Waals surface area contributed by atoms with Gasteiger partial charge in [0.25, 0.3) is 0 Å². The highest BCUT2D eigenvalue weighted by molar-refractivity contribution is 5.45. The number of methoxy groups -OCH3 is 2. The van der Waals surface area contributed by atoms with Crippen molar-refractivity contribution in [1.29, 1.82) is 0 Å². The van der Waals surface area contributed by atoms with E-state index in [1.807, 2.05) is 13.0 Å². The molecule has 0 amide bonds. The molecule has 0 saturated carbocycles. The zero-order valence-corrected chi connectivity index (χ0v) is 11.5. The normalized spacial score (nSPS) is 12.7. The molecule has 18 heavy (non-hydrogen) atoms. The van der Waals surface area contributed by atoms with E-state index in [2.05, 4.69) is 13.0 Å². The lowest BCUT2D eigenvalue weighted by Crippen LogP contribution is -2.02. The Kier molecular flexibility index (Phi) is 5.69. The zero-order chi connectivity index (χ0) is 13.5. The number of benzene rings is 1. The van der Waals surface area contributed by atoms with Crippen LogP contribution in [-0.4, -0.2) is 14.2 Å². The van der Waals surface area contributed by atoms with Crippen molar-refractivity contribution in [1.82, 2.24) is 0 Å². The first-order valence-electron chi connectivity index (χ1n) is 6.20. The van der Waals surface area contributed by atoms with Crippen LogP contribution in [0.3, 0.4) is 0 Å². The summed E-state index contributed by atoms with van der Waals surface area (Å²) in [6.07, 6.45) is 5.77. The van der Waals surface area contributed by atoms with Crippen molar-refractivity contribution in [3.8, 4) is 11.5 Å². The third-order valence-corrected chi connectivity index (χ3v) is 3.09. The van der Waals surface area contributed by atoms with Crippen LogP contribution in [0.2, 0.25) is 0 Å². The molecule has 1 aromatic carbocycles. The molecule has 0 heterocycles. The Hall–Kier alpha value is -1.51. The summed E-state index contributed by atoms with van der Waals surface area (Å²) < 4.78 is 24.4. The van der Waals surface area contributed by atoms with Gasteiger partial charge < -0.3 is 9.47 Å². The van der Waals surface area contributed by atoms with Crippen LogP contribution in [0.15, 0.2) is 24.3 Å². The maximum Gasteiger partial charge on any atom is 0.163 e. The molecule has 0 radical (unpaired) electrons. The first kappa shape index (κ1) is 14.6. The summed E-state index contributed by atoms with van der Waals surface area (Å²) in [5, 5.41) is 0. The van der Waals surface area contributed by atoms with Gasteiger partial charge in [-0.1, -0.05) is 19.1 Å². The first-order chi connectivity index (χ1) is 8.67. The molecule has 2 nitrogen and oxygen atoms in total. The average molecular weight is 252 g/mol. The van der Waals surface area contributed by atoms with Gasteiger partial charge in [-0.3, -0.25) is 0 Å². The third-order valence-electron chi connectivity index (χ3n) is 3.09. The van der Waals surface area contributed by atoms with E-state index in [1.54, 1.807) is 13.2 Å². The summed E-state index contributed by atoms with van der Waals surface area (Å²) in [7, 11) is 3.07. The number of hydrogen-bond donors (Lipinski definition) is 0. The van der Waals surface area contributed by atoms with Gasteiger partial charge in [0.1, 0.15) is 5.82 Å². The van der Waals surface area contributed by atoms with Crippen LogP contribution in [-0.2, 0) is 0 Å². The highest BCUT2D eigenvalue weighted by Gasteiger charge is 2.17. The number of ether oxygens (including phenoxy) is 2. The zero-order valence-electron chi connectivity index (χ0n) is 11.5. The van der Waals surface area contributed by atoms with Crippen molar-refractivity contribution in [3.63, 3.8) is 0 Å². The summed E-state index contributed by atoms with van der Waals surface area (Å²) in [5.41, 5.74) is 0.688. The second-order valence-electron chi connectivity index (χ2n) is 4.14. The second kappa shape index (κ2) is 7.04. The van der Waals surface area contributed by atoms with Gasteiger partial charge in [-0.15, -0.1) is 0 Å². The topological polar surface area (TPSA) is 18.5 Å². The third kappa shape index (κ3) is 3.25. The molecule has 0 aromatic heterocycles. The van der Waals surface area contributed by atoms with E-state index in [4.69, 9.17) is 9.47 Å². The summed E-state index contributed by atoms with van der Waals surface area (Å²) in [4.78, 5) is 0. The predicted molar refractivity (Wildman–Crippen MR) is 72.0 cm³/mol. The number of allylic oxidation sites excluding steroid dienone is 2. The molecule has 3 heteroatoms. The van der Waals surface area contributed by atoms with E-state index in [1.165, 1.54) is 13.2 Å². The van der Waals surface area contributed by atoms with Gasteiger partial charge in [0.2, 0.25) is 0 Å². The van der Waals surface area contributed by atoms with Gasteiger partial charge in [0.05, 0.1) is 14.2 Å². The number of rotatable bonds is 6. The molecule has 0 aliphatic heterocycles. The molecule has 0 bridgehead atoms. The Morgan fingerprint density at radius 3 is 2.33 bits per heavy atom. The summed E-state index contributed by atoms with van der Waals surface area (Å²) in [5.74, 6) is 0.942. The summed E-state index contributed by atoms with van der Waals surface area (Å²) in [6.45, 7) is 4.03. The summed E-state index contributed by atoms with van der Waals surface area (Å²) in [6, 6.07) is 3.14. The fraction of sp³-hybridized carbons (Fsp3) is 0.467. The molecule has 0 saturated heterocycles. The minimum atomic E-state index is -0.232. The predicted octanol–water partition coefficient (Wildman–Crippen LogP) is 4.30. The quantitative estimate of drug-likeness (QED) is 0.703. The molecule has 0 aliphatic rings. The largest absolute Gasteiger partial charge is 0.493 e. The maximum absolute atomic E-state index is 14.1. The van der Waals surface area contributed by atoms with Crippen LogP contribution < -0.4 is 9.47 Å². The number of hydrogen-bond acceptors (Lipinski definition) is 2. The highest BCUT2D eigenvalue weighted by atomic mass is 19.1. The molecular weight excluding hydrogens is 231 g/mol. The minimum Gasteiger partial charge on any atom is -0.493 e. The van der Waals surface area contributed by atoms with E-state index < -0.39 is 0 Å². The molecule has 0 N–H and O–H groups in total. The van der Waals surface area contributed by atoms with Crippen LogP contribution >= 0.6 is 0 Å². The van der Waals surface area contributed by atoms with Gasteiger partial charge in [-0.05, 0) is 37.3 Å². The maximum atomic E-state index is 14.1. The first-order valence-corrected chi connectivity index (χ1v) is 6.20. The Morgan fingerprint density at radius 1 is 1.22 bits per heavy atom. The average Bonchev–Trinajstić information content (AvgIpc) is 2.40. The van der Waals surface area contributed by atoms with Crippen LogP contribution in [0.4, 0.5) is 4.39 Å². The van der Waals surface area contributed by atoms with Crippen LogP contribution in [0, 0.1) is 5.82 Å². The van der Waals surface area contributed by atoms with Crippen molar-refractivity contribution < 1.29 is 13.9 Å². The Morgan fingerprint density at radius 2 is 1.83 bits per heavy atom. The fourth-order valence-electron chi connectivity index (χ4n) is 2.00. The Balaban J connectivity index is 3.13. The van der Waals surface area contributed by atoms with Crippen molar-refractivity contribution >= 4 is 0 Å².